The van der Waals surface area contributed by atoms with Crippen LogP contribution in [0.5, 0.6) is 0 Å². The Morgan fingerprint density at radius 2 is 2.25 bits per heavy atom. The number of carbonyl (C=O) groups is 1. The molecule has 0 aliphatic carbocycles. The predicted octanol–water partition coefficient (Wildman–Crippen LogP) is 1.09. The van der Waals surface area contributed by atoms with Gasteiger partial charge in [-0.1, -0.05) is 6.07 Å². The number of nitrogens with two attached hydrogens (primary N) is 1. The van der Waals surface area contributed by atoms with Crippen LogP contribution in [-0.2, 0) is 4.79 Å². The number of pyridine rings is 1. The zero-order valence-corrected chi connectivity index (χ0v) is 9.63. The second kappa shape index (κ2) is 4.22. The number of likely N-dealkylation sites (tertiary alicyclic amines) is 1. The quantitative estimate of drug-likeness (QED) is 0.810. The van der Waals surface area contributed by atoms with Crippen molar-refractivity contribution < 1.29 is 4.79 Å². The average Bonchev–Trinajstić information content (AvgIpc) is 2.55. The first-order valence-electron chi connectivity index (χ1n) is 5.59. The van der Waals surface area contributed by atoms with Gasteiger partial charge in [0.25, 0.3) is 0 Å². The van der Waals surface area contributed by atoms with Gasteiger partial charge in [-0.15, -0.1) is 0 Å². The highest BCUT2D eigenvalue weighted by Crippen LogP contribution is 2.32. The molecule has 1 amide bonds. The van der Waals surface area contributed by atoms with Crippen LogP contribution in [0.2, 0.25) is 0 Å². The predicted molar refractivity (Wildman–Crippen MR) is 61.6 cm³/mol. The smallest absolute Gasteiger partial charge is 0.225 e. The van der Waals surface area contributed by atoms with Crippen LogP contribution in [0.15, 0.2) is 24.4 Å². The molecule has 4 nitrogen and oxygen atoms in total. The Labute approximate surface area is 95.5 Å². The maximum atomic E-state index is 11.8. The molecule has 1 aliphatic rings. The fourth-order valence-electron chi connectivity index (χ4n) is 2.30. The van der Waals surface area contributed by atoms with E-state index < -0.39 is 0 Å². The molecule has 2 atom stereocenters. The van der Waals surface area contributed by atoms with Gasteiger partial charge in [-0.25, -0.2) is 0 Å². The van der Waals surface area contributed by atoms with Gasteiger partial charge >= 0.3 is 0 Å². The summed E-state index contributed by atoms with van der Waals surface area (Å²) in [7, 11) is 0. The summed E-state index contributed by atoms with van der Waals surface area (Å²) in [4.78, 5) is 18.0. The van der Waals surface area contributed by atoms with Gasteiger partial charge in [0.15, 0.2) is 0 Å². The Morgan fingerprint density at radius 3 is 2.81 bits per heavy atom. The summed E-state index contributed by atoms with van der Waals surface area (Å²) in [6, 6.07) is 5.66. The molecule has 0 bridgehead atoms. The second-order valence-electron chi connectivity index (χ2n) is 4.46. The van der Waals surface area contributed by atoms with Gasteiger partial charge in [0.05, 0.1) is 11.7 Å². The highest BCUT2D eigenvalue weighted by atomic mass is 16.2. The van der Waals surface area contributed by atoms with Crippen LogP contribution in [0.3, 0.4) is 0 Å². The molecule has 0 saturated carbocycles. The number of aromatic nitrogens is 1. The number of carbonyl (C=O) groups excluding carboxylic acids is 1. The molecule has 0 spiro atoms. The van der Waals surface area contributed by atoms with E-state index in [-0.39, 0.29) is 24.0 Å². The van der Waals surface area contributed by atoms with E-state index in [9.17, 15) is 4.79 Å². The summed E-state index contributed by atoms with van der Waals surface area (Å²) in [6.45, 7) is 4.01. The lowest BCUT2D eigenvalue weighted by atomic mass is 10.1. The van der Waals surface area contributed by atoms with Crippen molar-refractivity contribution in [2.75, 3.05) is 0 Å². The molecular formula is C12H17N3O. The van der Waals surface area contributed by atoms with Gasteiger partial charge in [-0.2, -0.15) is 0 Å². The Hall–Kier alpha value is -1.42. The fraction of sp³-hybridized carbons (Fsp3) is 0.500. The van der Waals surface area contributed by atoms with E-state index in [0.29, 0.717) is 6.42 Å². The summed E-state index contributed by atoms with van der Waals surface area (Å²) in [5, 5.41) is 0. The highest BCUT2D eigenvalue weighted by molar-refractivity contribution is 5.80. The molecule has 2 rings (SSSR count). The molecule has 1 fully saturated rings. The fourth-order valence-corrected chi connectivity index (χ4v) is 2.30. The van der Waals surface area contributed by atoms with Crippen LogP contribution < -0.4 is 5.73 Å². The van der Waals surface area contributed by atoms with Crippen molar-refractivity contribution in [3.05, 3.63) is 30.1 Å². The van der Waals surface area contributed by atoms with Crippen molar-refractivity contribution in [3.8, 4) is 0 Å². The topological polar surface area (TPSA) is 59.2 Å². The minimum absolute atomic E-state index is 0.0753. The second-order valence-corrected chi connectivity index (χ2v) is 4.46. The SMILES string of the molecule is CC(C)N1C(=O)C[C@H](N)[C@H]1c1ccccn1. The van der Waals surface area contributed by atoms with Crippen molar-refractivity contribution in [3.63, 3.8) is 0 Å². The molecule has 2 heterocycles. The van der Waals surface area contributed by atoms with E-state index in [4.69, 9.17) is 5.73 Å². The average molecular weight is 219 g/mol. The molecule has 0 unspecified atom stereocenters. The summed E-state index contributed by atoms with van der Waals surface area (Å²) in [5.41, 5.74) is 6.91. The number of nitrogens with zero attached hydrogens (tertiary/aromatic N) is 2. The Morgan fingerprint density at radius 1 is 1.50 bits per heavy atom. The number of hydrogen-bond donors (Lipinski definition) is 1. The summed E-state index contributed by atoms with van der Waals surface area (Å²) < 4.78 is 0. The van der Waals surface area contributed by atoms with E-state index in [0.717, 1.165) is 5.69 Å². The largest absolute Gasteiger partial charge is 0.330 e. The molecule has 1 saturated heterocycles. The van der Waals surface area contributed by atoms with Gasteiger partial charge < -0.3 is 10.6 Å². The minimum Gasteiger partial charge on any atom is -0.330 e. The normalized spacial score (nSPS) is 25.5. The first-order chi connectivity index (χ1) is 7.61. The monoisotopic (exact) mass is 219 g/mol. The van der Waals surface area contributed by atoms with Crippen LogP contribution in [0.1, 0.15) is 32.0 Å². The van der Waals surface area contributed by atoms with Crippen molar-refractivity contribution >= 4 is 5.91 Å². The van der Waals surface area contributed by atoms with Crippen LogP contribution in [0, 0.1) is 0 Å². The zero-order chi connectivity index (χ0) is 11.7. The van der Waals surface area contributed by atoms with Crippen molar-refractivity contribution in [1.82, 2.24) is 9.88 Å². The molecular weight excluding hydrogens is 202 g/mol. The molecule has 86 valence electrons. The lowest BCUT2D eigenvalue weighted by molar-refractivity contribution is -0.130. The van der Waals surface area contributed by atoms with E-state index in [1.807, 2.05) is 36.9 Å². The highest BCUT2D eigenvalue weighted by Gasteiger charge is 2.40. The molecule has 2 N–H and O–H groups in total. The maximum Gasteiger partial charge on any atom is 0.225 e. The lowest BCUT2D eigenvalue weighted by Crippen LogP contribution is -2.38. The Balaban J connectivity index is 2.34. The molecule has 1 aromatic heterocycles. The van der Waals surface area contributed by atoms with Gasteiger partial charge in [0.1, 0.15) is 0 Å². The van der Waals surface area contributed by atoms with E-state index >= 15 is 0 Å². The third-order valence-electron chi connectivity index (χ3n) is 2.95. The molecule has 1 aliphatic heterocycles. The number of rotatable bonds is 2. The molecule has 4 heteroatoms. The van der Waals surface area contributed by atoms with Gasteiger partial charge in [0.2, 0.25) is 5.91 Å². The van der Waals surface area contributed by atoms with Crippen LogP contribution in [-0.4, -0.2) is 27.9 Å². The molecule has 0 radical (unpaired) electrons. The van der Waals surface area contributed by atoms with Gasteiger partial charge in [0, 0.05) is 24.7 Å². The van der Waals surface area contributed by atoms with Crippen molar-refractivity contribution in [1.29, 1.82) is 0 Å². The summed E-state index contributed by atoms with van der Waals surface area (Å²) in [5.74, 6) is 0.123. The van der Waals surface area contributed by atoms with Crippen molar-refractivity contribution in [2.45, 2.75) is 38.4 Å². The summed E-state index contributed by atoms with van der Waals surface area (Å²) in [6.07, 6.45) is 2.16. The van der Waals surface area contributed by atoms with E-state index in [2.05, 4.69) is 4.98 Å². The maximum absolute atomic E-state index is 11.8. The van der Waals surface area contributed by atoms with E-state index in [1.165, 1.54) is 0 Å². The summed E-state index contributed by atoms with van der Waals surface area (Å²) >= 11 is 0. The molecule has 16 heavy (non-hydrogen) atoms. The minimum atomic E-state index is -0.148. The number of amides is 1. The third-order valence-corrected chi connectivity index (χ3v) is 2.95. The van der Waals surface area contributed by atoms with Gasteiger partial charge in [-0.05, 0) is 26.0 Å². The first-order valence-corrected chi connectivity index (χ1v) is 5.59. The molecule has 1 aromatic rings. The van der Waals surface area contributed by atoms with E-state index in [1.54, 1.807) is 6.20 Å². The van der Waals surface area contributed by atoms with Crippen molar-refractivity contribution in [2.24, 2.45) is 5.73 Å². The molecule has 0 aromatic carbocycles. The Kier molecular flexibility index (Phi) is 2.92. The third kappa shape index (κ3) is 1.80. The Bertz CT molecular complexity index is 377. The van der Waals surface area contributed by atoms with Crippen LogP contribution in [0.25, 0.3) is 0 Å². The zero-order valence-electron chi connectivity index (χ0n) is 9.63. The number of hydrogen-bond acceptors (Lipinski definition) is 3. The van der Waals surface area contributed by atoms with Crippen LogP contribution >= 0.6 is 0 Å². The first kappa shape index (κ1) is 11.1. The van der Waals surface area contributed by atoms with Gasteiger partial charge in [-0.3, -0.25) is 9.78 Å². The standard InChI is InChI=1S/C12H17N3O/c1-8(2)15-11(16)7-9(13)12(15)10-5-3-4-6-14-10/h3-6,8-9,12H,7,13H2,1-2H3/t9-,12-/m0/s1. The lowest BCUT2D eigenvalue weighted by Gasteiger charge is -2.29. The van der Waals surface area contributed by atoms with Crippen LogP contribution in [0.4, 0.5) is 0 Å².